The van der Waals surface area contributed by atoms with Crippen molar-refractivity contribution in [3.05, 3.63) is 0 Å². The van der Waals surface area contributed by atoms with E-state index in [1.54, 1.807) is 5.67 Å². The van der Waals surface area contributed by atoms with Crippen molar-refractivity contribution < 1.29 is 0 Å². The maximum absolute atomic E-state index is 3.61. The van der Waals surface area contributed by atoms with Crippen LogP contribution in [0.5, 0.6) is 0 Å². The molecule has 0 heterocycles. The van der Waals surface area contributed by atoms with Crippen LogP contribution in [-0.4, -0.2) is 34.7 Å². The third-order valence-electron chi connectivity index (χ3n) is 1.01. The van der Waals surface area contributed by atoms with Crippen LogP contribution in [-0.2, 0) is 0 Å². The third kappa shape index (κ3) is 6.76. The SMILES string of the molecule is C[Si](C[Si](C)(C)C)[Si][Si]. The molecule has 0 aromatic rings. The van der Waals surface area contributed by atoms with Crippen LogP contribution in [0.4, 0.5) is 0 Å². The minimum absolute atomic E-state index is 0.0167. The summed E-state index contributed by atoms with van der Waals surface area (Å²) in [5.41, 5.74) is 1.56. The van der Waals surface area contributed by atoms with E-state index in [1.807, 2.05) is 0 Å². The van der Waals surface area contributed by atoms with Crippen molar-refractivity contribution in [2.45, 2.75) is 31.9 Å². The molecule has 0 saturated heterocycles. The fourth-order valence-corrected chi connectivity index (χ4v) is 15.5. The summed E-state index contributed by atoms with van der Waals surface area (Å²) in [7, 11) is 3.95. The Morgan fingerprint density at radius 2 is 1.89 bits per heavy atom. The molecule has 4 heteroatoms. The van der Waals surface area contributed by atoms with Crippen LogP contribution < -0.4 is 0 Å². The normalized spacial score (nSPS) is 12.7. The van der Waals surface area contributed by atoms with Crippen molar-refractivity contribution in [1.29, 1.82) is 0 Å². The molecule has 0 unspecified atom stereocenters. The van der Waals surface area contributed by atoms with Gasteiger partial charge in [0.1, 0.15) is 0 Å². The van der Waals surface area contributed by atoms with Crippen LogP contribution in [0.1, 0.15) is 0 Å². The lowest BCUT2D eigenvalue weighted by atomic mass is 11.7. The number of hydrogen-bond donors (Lipinski definition) is 0. The minimum Gasteiger partial charge on any atom is -0.0740 e. The van der Waals surface area contributed by atoms with E-state index in [2.05, 4.69) is 35.9 Å². The molecule has 0 aliphatic rings. The first-order valence-corrected chi connectivity index (χ1v) is 12.6. The molecule has 0 atom stereocenters. The first-order valence-electron chi connectivity index (χ1n) is 3.21. The lowest BCUT2D eigenvalue weighted by Gasteiger charge is -2.18. The zero-order valence-electron chi connectivity index (χ0n) is 6.71. The molecule has 9 heavy (non-hydrogen) atoms. The average Bonchev–Trinajstić information content (AvgIpc) is 1.62. The molecular formula is C5H14Si4. The van der Waals surface area contributed by atoms with E-state index in [-0.39, 0.29) is 8.31 Å². The van der Waals surface area contributed by atoms with Crippen molar-refractivity contribution >= 4 is 34.7 Å². The summed E-state index contributed by atoms with van der Waals surface area (Å²) in [5, 5.41) is 0. The van der Waals surface area contributed by atoms with Gasteiger partial charge in [0.25, 0.3) is 0 Å². The molecule has 0 spiro atoms. The van der Waals surface area contributed by atoms with Crippen molar-refractivity contribution in [2.24, 2.45) is 0 Å². The van der Waals surface area contributed by atoms with E-state index in [0.29, 0.717) is 0 Å². The molecule has 0 aliphatic heterocycles. The molecule has 0 fully saturated rings. The highest BCUT2D eigenvalue weighted by Crippen LogP contribution is 2.08. The molecule has 0 aromatic heterocycles. The van der Waals surface area contributed by atoms with Crippen molar-refractivity contribution in [1.82, 2.24) is 0 Å². The predicted molar refractivity (Wildman–Crippen MR) is 51.3 cm³/mol. The highest BCUT2D eigenvalue weighted by Gasteiger charge is 2.16. The Morgan fingerprint density at radius 1 is 1.44 bits per heavy atom. The van der Waals surface area contributed by atoms with Gasteiger partial charge in [0.05, 0.1) is 0 Å². The Balaban J connectivity index is 3.47. The highest BCUT2D eigenvalue weighted by molar-refractivity contribution is 7.33. The zero-order valence-corrected chi connectivity index (χ0v) is 10.7. The van der Waals surface area contributed by atoms with E-state index in [0.717, 1.165) is 8.55 Å². The first kappa shape index (κ1) is 9.87. The molecule has 0 saturated carbocycles. The minimum atomic E-state index is -0.720. The lowest BCUT2D eigenvalue weighted by Crippen LogP contribution is -2.31. The van der Waals surface area contributed by atoms with Crippen LogP contribution in [0.2, 0.25) is 31.9 Å². The third-order valence-corrected chi connectivity index (χ3v) is 14.5. The van der Waals surface area contributed by atoms with Crippen LogP contribution in [0.25, 0.3) is 0 Å². The quantitative estimate of drug-likeness (QED) is 0.583. The lowest BCUT2D eigenvalue weighted by molar-refractivity contribution is 1.62. The second kappa shape index (κ2) is 3.90. The summed E-state index contributed by atoms with van der Waals surface area (Å²) in [4.78, 5) is 0. The zero-order chi connectivity index (χ0) is 7.49. The Kier molecular flexibility index (Phi) is 4.27. The van der Waals surface area contributed by atoms with Gasteiger partial charge in [-0.25, -0.2) is 0 Å². The maximum atomic E-state index is 3.61. The Morgan fingerprint density at radius 3 is 2.00 bits per heavy atom. The summed E-state index contributed by atoms with van der Waals surface area (Å²) < 4.78 is 0. The largest absolute Gasteiger partial charge is 0.0740 e. The second-order valence-electron chi connectivity index (χ2n) is 3.64. The number of hydrogen-bond acceptors (Lipinski definition) is 0. The van der Waals surface area contributed by atoms with Gasteiger partial charge in [-0.15, -0.1) is 0 Å². The topological polar surface area (TPSA) is 0 Å². The fraction of sp³-hybridized carbons (Fsp3) is 1.00. The van der Waals surface area contributed by atoms with Gasteiger partial charge < -0.3 is 0 Å². The highest BCUT2D eigenvalue weighted by atomic mass is 29.5. The van der Waals surface area contributed by atoms with Crippen LogP contribution >= 0.6 is 0 Å². The molecule has 0 aromatic carbocycles. The van der Waals surface area contributed by atoms with Gasteiger partial charge >= 0.3 is 0 Å². The van der Waals surface area contributed by atoms with Crippen LogP contribution in [0.3, 0.4) is 0 Å². The number of rotatable bonds is 3. The molecule has 0 nitrogen and oxygen atoms in total. The predicted octanol–water partition coefficient (Wildman–Crippen LogP) is 1.27. The molecule has 0 bridgehead atoms. The Bertz CT molecular complexity index is 75.5. The summed E-state index contributed by atoms with van der Waals surface area (Å²) >= 11 is 0. The summed E-state index contributed by atoms with van der Waals surface area (Å²) in [6, 6.07) is 0. The van der Waals surface area contributed by atoms with Crippen molar-refractivity contribution in [2.75, 3.05) is 0 Å². The summed E-state index contributed by atoms with van der Waals surface area (Å²) in [6.45, 7) is 9.78. The van der Waals surface area contributed by atoms with E-state index in [4.69, 9.17) is 0 Å². The fourth-order valence-electron chi connectivity index (χ4n) is 0.840. The van der Waals surface area contributed by atoms with Gasteiger partial charge in [-0.3, -0.25) is 0 Å². The molecule has 0 aliphatic carbocycles. The van der Waals surface area contributed by atoms with Gasteiger partial charge in [0, 0.05) is 34.7 Å². The molecule has 0 N–H and O–H groups in total. The van der Waals surface area contributed by atoms with Gasteiger partial charge in [-0.05, 0) is 0 Å². The Hall–Kier alpha value is 0.868. The van der Waals surface area contributed by atoms with E-state index >= 15 is 0 Å². The van der Waals surface area contributed by atoms with Crippen molar-refractivity contribution in [3.63, 3.8) is 0 Å². The molecule has 0 rings (SSSR count). The monoisotopic (exact) mass is 186 g/mol. The van der Waals surface area contributed by atoms with Crippen molar-refractivity contribution in [3.8, 4) is 0 Å². The van der Waals surface area contributed by atoms with E-state index in [1.165, 1.54) is 0 Å². The van der Waals surface area contributed by atoms with Crippen LogP contribution in [0, 0.1) is 0 Å². The van der Waals surface area contributed by atoms with E-state index in [9.17, 15) is 0 Å². The van der Waals surface area contributed by atoms with E-state index < -0.39 is 8.07 Å². The van der Waals surface area contributed by atoms with Gasteiger partial charge in [0.2, 0.25) is 0 Å². The standard InChI is InChI=1S/C5H14Si4/c1-8(7-6)5-9(2,3)4/h5H2,1-4H3. The maximum Gasteiger partial charge on any atom is 0.0412 e. The van der Waals surface area contributed by atoms with Gasteiger partial charge in [-0.1, -0.05) is 31.9 Å². The van der Waals surface area contributed by atoms with Crippen LogP contribution in [0.15, 0.2) is 0 Å². The average molecular weight is 187 g/mol. The molecule has 0 amide bonds. The summed E-state index contributed by atoms with van der Waals surface area (Å²) in [5.74, 6) is 0. The Labute approximate surface area is 66.9 Å². The first-order chi connectivity index (χ1) is 3.95. The van der Waals surface area contributed by atoms with Gasteiger partial charge in [0.15, 0.2) is 0 Å². The molecule has 6 radical (unpaired) electrons. The smallest absolute Gasteiger partial charge is 0.0412 e. The second-order valence-corrected chi connectivity index (χ2v) is 17.5. The van der Waals surface area contributed by atoms with Gasteiger partial charge in [-0.2, -0.15) is 0 Å². The molecule has 50 valence electrons. The summed E-state index contributed by atoms with van der Waals surface area (Å²) in [6.07, 6.45) is 0. The molecular weight excluding hydrogens is 172 g/mol.